The van der Waals surface area contributed by atoms with Crippen molar-refractivity contribution in [1.29, 1.82) is 0 Å². The smallest absolute Gasteiger partial charge is 0.0193 e. The minimum Gasteiger partial charge on any atom is -0.294 e. The minimum absolute atomic E-state index is 0.864. The first-order chi connectivity index (χ1) is 8.27. The van der Waals surface area contributed by atoms with Gasteiger partial charge in [-0.15, -0.1) is 0 Å². The summed E-state index contributed by atoms with van der Waals surface area (Å²) in [5.74, 6) is 0. The van der Waals surface area contributed by atoms with Crippen LogP contribution in [0.3, 0.4) is 0 Å². The number of hydrogen-bond donors (Lipinski definition) is 0. The highest BCUT2D eigenvalue weighted by Gasteiger charge is 2.28. The van der Waals surface area contributed by atoms with E-state index in [1.165, 1.54) is 69.8 Å². The summed E-state index contributed by atoms with van der Waals surface area (Å²) in [5.41, 5.74) is 1.35. The normalized spacial score (nSPS) is 24.1. The molecule has 2 saturated carbocycles. The fraction of sp³-hybridized carbons (Fsp3) is 0.875. The van der Waals surface area contributed by atoms with Crippen molar-refractivity contribution in [3.63, 3.8) is 0 Å². The average Bonchev–Trinajstić information content (AvgIpc) is 2.38. The molecular formula is C16H29N. The van der Waals surface area contributed by atoms with Gasteiger partial charge in [0.1, 0.15) is 0 Å². The van der Waals surface area contributed by atoms with Gasteiger partial charge in [0.25, 0.3) is 0 Å². The second-order valence-electron chi connectivity index (χ2n) is 6.21. The van der Waals surface area contributed by atoms with Crippen LogP contribution in [0.4, 0.5) is 0 Å². The first-order valence-corrected chi connectivity index (χ1v) is 7.67. The molecule has 1 heteroatoms. The van der Waals surface area contributed by atoms with Crippen LogP contribution in [-0.4, -0.2) is 23.5 Å². The molecule has 0 heterocycles. The molecule has 0 aromatic carbocycles. The summed E-state index contributed by atoms with van der Waals surface area (Å²) >= 11 is 0. The summed E-state index contributed by atoms with van der Waals surface area (Å²) in [4.78, 5) is 2.82. The molecule has 0 amide bonds. The Morgan fingerprint density at radius 2 is 1.29 bits per heavy atom. The molecule has 0 saturated heterocycles. The van der Waals surface area contributed by atoms with Crippen LogP contribution in [0, 0.1) is 0 Å². The highest BCUT2D eigenvalue weighted by Crippen LogP contribution is 2.30. The van der Waals surface area contributed by atoms with Crippen LogP contribution in [0.1, 0.15) is 71.1 Å². The second kappa shape index (κ2) is 6.58. The molecule has 0 radical (unpaired) electrons. The maximum absolute atomic E-state index is 4.14. The fourth-order valence-corrected chi connectivity index (χ4v) is 3.69. The van der Waals surface area contributed by atoms with Crippen molar-refractivity contribution in [3.05, 3.63) is 12.2 Å². The van der Waals surface area contributed by atoms with Crippen LogP contribution < -0.4 is 0 Å². The molecule has 0 N–H and O–H groups in total. The predicted octanol–water partition coefficient (Wildman–Crippen LogP) is 4.53. The molecule has 2 rings (SSSR count). The zero-order valence-electron chi connectivity index (χ0n) is 11.6. The summed E-state index contributed by atoms with van der Waals surface area (Å²) in [6.45, 7) is 7.48. The molecule has 0 spiro atoms. The molecule has 0 unspecified atom stereocenters. The average molecular weight is 235 g/mol. The molecule has 0 aliphatic heterocycles. The Hall–Kier alpha value is -0.300. The molecule has 0 aromatic heterocycles. The third-order valence-corrected chi connectivity index (χ3v) is 4.54. The van der Waals surface area contributed by atoms with Crippen molar-refractivity contribution in [1.82, 2.24) is 4.90 Å². The highest BCUT2D eigenvalue weighted by atomic mass is 15.2. The van der Waals surface area contributed by atoms with E-state index in [2.05, 4.69) is 18.4 Å². The van der Waals surface area contributed by atoms with E-state index >= 15 is 0 Å². The standard InChI is InChI=1S/C16H29N/c1-14(2)13-17(15-9-5-3-6-10-15)16-11-7-4-8-12-16/h15-16H,1,3-13H2,2H3. The van der Waals surface area contributed by atoms with Gasteiger partial charge in [0.05, 0.1) is 0 Å². The predicted molar refractivity (Wildman–Crippen MR) is 75.3 cm³/mol. The Bertz CT molecular complexity index is 216. The zero-order chi connectivity index (χ0) is 12.1. The molecule has 0 bridgehead atoms. The Morgan fingerprint density at radius 1 is 0.882 bits per heavy atom. The maximum atomic E-state index is 4.14. The van der Waals surface area contributed by atoms with Gasteiger partial charge in [-0.05, 0) is 32.6 Å². The van der Waals surface area contributed by atoms with Crippen LogP contribution in [0.2, 0.25) is 0 Å². The number of rotatable bonds is 4. The SMILES string of the molecule is C=C(C)CN(C1CCCCC1)C1CCCCC1. The van der Waals surface area contributed by atoms with Crippen molar-refractivity contribution < 1.29 is 0 Å². The number of hydrogen-bond acceptors (Lipinski definition) is 1. The van der Waals surface area contributed by atoms with Crippen LogP contribution in [0.25, 0.3) is 0 Å². The highest BCUT2D eigenvalue weighted by molar-refractivity contribution is 4.96. The molecule has 2 fully saturated rings. The van der Waals surface area contributed by atoms with Gasteiger partial charge in [-0.25, -0.2) is 0 Å². The Labute approximate surface area is 107 Å². The summed E-state index contributed by atoms with van der Waals surface area (Å²) < 4.78 is 0. The van der Waals surface area contributed by atoms with Gasteiger partial charge >= 0.3 is 0 Å². The molecule has 1 nitrogen and oxygen atoms in total. The van der Waals surface area contributed by atoms with Crippen LogP contribution >= 0.6 is 0 Å². The van der Waals surface area contributed by atoms with E-state index in [1.54, 1.807) is 0 Å². The summed E-state index contributed by atoms with van der Waals surface area (Å²) in [5, 5.41) is 0. The molecule has 0 atom stereocenters. The fourth-order valence-electron chi connectivity index (χ4n) is 3.69. The molecule has 98 valence electrons. The van der Waals surface area contributed by atoms with E-state index in [0.717, 1.165) is 18.6 Å². The Kier molecular flexibility index (Phi) is 5.09. The molecule has 2 aliphatic carbocycles. The van der Waals surface area contributed by atoms with E-state index in [4.69, 9.17) is 0 Å². The van der Waals surface area contributed by atoms with Crippen molar-refractivity contribution in [2.45, 2.75) is 83.2 Å². The monoisotopic (exact) mass is 235 g/mol. The Morgan fingerprint density at radius 3 is 1.65 bits per heavy atom. The van der Waals surface area contributed by atoms with E-state index < -0.39 is 0 Å². The minimum atomic E-state index is 0.864. The molecule has 2 aliphatic rings. The van der Waals surface area contributed by atoms with Crippen molar-refractivity contribution in [3.8, 4) is 0 Å². The van der Waals surface area contributed by atoms with Crippen LogP contribution in [-0.2, 0) is 0 Å². The number of nitrogens with zero attached hydrogens (tertiary/aromatic N) is 1. The largest absolute Gasteiger partial charge is 0.294 e. The topological polar surface area (TPSA) is 3.24 Å². The lowest BCUT2D eigenvalue weighted by atomic mass is 9.88. The van der Waals surface area contributed by atoms with Crippen LogP contribution in [0.15, 0.2) is 12.2 Å². The van der Waals surface area contributed by atoms with Gasteiger partial charge in [0.2, 0.25) is 0 Å². The van der Waals surface area contributed by atoms with Gasteiger partial charge in [0.15, 0.2) is 0 Å². The first kappa shape index (κ1) is 13.1. The first-order valence-electron chi connectivity index (χ1n) is 7.67. The second-order valence-corrected chi connectivity index (χ2v) is 6.21. The third kappa shape index (κ3) is 3.84. The molecular weight excluding hydrogens is 206 g/mol. The maximum Gasteiger partial charge on any atom is 0.0193 e. The van der Waals surface area contributed by atoms with E-state index in [9.17, 15) is 0 Å². The van der Waals surface area contributed by atoms with Gasteiger partial charge in [-0.3, -0.25) is 4.90 Å². The summed E-state index contributed by atoms with van der Waals surface area (Å²) in [6.07, 6.45) is 14.5. The van der Waals surface area contributed by atoms with E-state index in [0.29, 0.717) is 0 Å². The Balaban J connectivity index is 1.97. The molecule has 17 heavy (non-hydrogen) atoms. The van der Waals surface area contributed by atoms with Gasteiger partial charge in [-0.2, -0.15) is 0 Å². The lowest BCUT2D eigenvalue weighted by molar-refractivity contribution is 0.0912. The van der Waals surface area contributed by atoms with E-state index in [-0.39, 0.29) is 0 Å². The van der Waals surface area contributed by atoms with Crippen LogP contribution in [0.5, 0.6) is 0 Å². The zero-order valence-corrected chi connectivity index (χ0v) is 11.6. The summed E-state index contributed by atoms with van der Waals surface area (Å²) in [7, 11) is 0. The lowest BCUT2D eigenvalue weighted by Gasteiger charge is -2.41. The van der Waals surface area contributed by atoms with E-state index in [1.807, 2.05) is 0 Å². The van der Waals surface area contributed by atoms with Crippen molar-refractivity contribution in [2.24, 2.45) is 0 Å². The van der Waals surface area contributed by atoms with Gasteiger partial charge < -0.3 is 0 Å². The summed E-state index contributed by atoms with van der Waals surface area (Å²) in [6, 6.07) is 1.73. The molecule has 0 aromatic rings. The van der Waals surface area contributed by atoms with Crippen molar-refractivity contribution >= 4 is 0 Å². The van der Waals surface area contributed by atoms with Gasteiger partial charge in [0, 0.05) is 18.6 Å². The third-order valence-electron chi connectivity index (χ3n) is 4.54. The van der Waals surface area contributed by atoms with Gasteiger partial charge in [-0.1, -0.05) is 50.7 Å². The van der Waals surface area contributed by atoms with Crippen molar-refractivity contribution in [2.75, 3.05) is 6.54 Å². The lowest BCUT2D eigenvalue weighted by Crippen LogP contribution is -2.45. The quantitative estimate of drug-likeness (QED) is 0.647.